The van der Waals surface area contributed by atoms with Crippen LogP contribution in [0.4, 0.5) is 0 Å². The first-order chi connectivity index (χ1) is 12.5. The van der Waals surface area contributed by atoms with E-state index in [0.29, 0.717) is 18.0 Å². The molecule has 5 heteroatoms. The Morgan fingerprint density at radius 3 is 2.31 bits per heavy atom. The molecular weight excluding hydrogens is 330 g/mol. The lowest BCUT2D eigenvalue weighted by Crippen LogP contribution is -2.06. The Balaban J connectivity index is 1.71. The Morgan fingerprint density at radius 1 is 1.04 bits per heavy atom. The average molecular weight is 351 g/mol. The molecule has 0 fully saturated rings. The number of aliphatic imine (C=N–C) groups is 1. The van der Waals surface area contributed by atoms with Crippen LogP contribution in [0.2, 0.25) is 0 Å². The van der Waals surface area contributed by atoms with Crippen LogP contribution >= 0.6 is 0 Å². The molecule has 1 heterocycles. The molecule has 1 aliphatic heterocycles. The highest BCUT2D eigenvalue weighted by Crippen LogP contribution is 2.20. The van der Waals surface area contributed by atoms with Crippen LogP contribution in [0.3, 0.4) is 0 Å². The summed E-state index contributed by atoms with van der Waals surface area (Å²) in [7, 11) is 1.62. The number of hydrogen-bond acceptors (Lipinski definition) is 5. The maximum absolute atomic E-state index is 12.0. The predicted molar refractivity (Wildman–Crippen MR) is 100 cm³/mol. The maximum Gasteiger partial charge on any atom is 0.363 e. The van der Waals surface area contributed by atoms with Gasteiger partial charge in [0.05, 0.1) is 13.2 Å². The molecule has 0 spiro atoms. The number of rotatable bonds is 6. The number of ether oxygens (including phenoxy) is 3. The molecule has 0 N–H and O–H groups in total. The molecule has 0 amide bonds. The van der Waals surface area contributed by atoms with E-state index in [-0.39, 0.29) is 6.10 Å². The summed E-state index contributed by atoms with van der Waals surface area (Å²) in [6, 6.07) is 15.1. The van der Waals surface area contributed by atoms with Crippen molar-refractivity contribution in [1.82, 2.24) is 0 Å². The van der Waals surface area contributed by atoms with Crippen LogP contribution in [-0.4, -0.2) is 25.1 Å². The van der Waals surface area contributed by atoms with Crippen molar-refractivity contribution in [1.29, 1.82) is 0 Å². The van der Waals surface area contributed by atoms with Gasteiger partial charge in [-0.3, -0.25) is 0 Å². The quantitative estimate of drug-likeness (QED) is 0.583. The standard InChI is InChI=1S/C21H21NO4/c1-14(2)25-18-10-6-15(7-11-18)12-19-21(23)26-20(22-19)13-16-4-8-17(24-3)9-5-16/h4-12,14H,13H2,1-3H3/b19-12+. The molecule has 2 aromatic rings. The van der Waals surface area contributed by atoms with Crippen LogP contribution in [0.1, 0.15) is 25.0 Å². The van der Waals surface area contributed by atoms with Gasteiger partial charge in [-0.25, -0.2) is 9.79 Å². The van der Waals surface area contributed by atoms with Crippen LogP contribution in [0.15, 0.2) is 59.2 Å². The largest absolute Gasteiger partial charge is 0.497 e. The molecule has 0 aliphatic carbocycles. The van der Waals surface area contributed by atoms with Gasteiger partial charge in [0, 0.05) is 6.42 Å². The van der Waals surface area contributed by atoms with Gasteiger partial charge in [0.25, 0.3) is 0 Å². The first kappa shape index (κ1) is 17.7. The highest BCUT2D eigenvalue weighted by atomic mass is 16.6. The molecule has 0 atom stereocenters. The molecule has 5 nitrogen and oxygen atoms in total. The third-order valence-corrected chi connectivity index (χ3v) is 3.73. The Hall–Kier alpha value is -3.08. The lowest BCUT2D eigenvalue weighted by Gasteiger charge is -2.09. The van der Waals surface area contributed by atoms with E-state index >= 15 is 0 Å². The second-order valence-corrected chi connectivity index (χ2v) is 6.19. The van der Waals surface area contributed by atoms with Gasteiger partial charge in [-0.2, -0.15) is 0 Å². The monoisotopic (exact) mass is 351 g/mol. The van der Waals surface area contributed by atoms with Crippen molar-refractivity contribution in [2.24, 2.45) is 4.99 Å². The summed E-state index contributed by atoms with van der Waals surface area (Å²) in [4.78, 5) is 16.4. The molecule has 0 saturated carbocycles. The highest BCUT2D eigenvalue weighted by molar-refractivity contribution is 6.07. The topological polar surface area (TPSA) is 57.1 Å². The van der Waals surface area contributed by atoms with Gasteiger partial charge in [-0.05, 0) is 55.3 Å². The molecule has 0 aromatic heterocycles. The van der Waals surface area contributed by atoms with Gasteiger partial charge in [0.15, 0.2) is 5.70 Å². The van der Waals surface area contributed by atoms with E-state index in [4.69, 9.17) is 14.2 Å². The fourth-order valence-electron chi connectivity index (χ4n) is 2.52. The second kappa shape index (κ2) is 7.87. The molecular formula is C21H21NO4. The van der Waals surface area contributed by atoms with Crippen molar-refractivity contribution in [2.75, 3.05) is 7.11 Å². The summed E-state index contributed by atoms with van der Waals surface area (Å²) in [5, 5.41) is 0. The first-order valence-corrected chi connectivity index (χ1v) is 8.44. The summed E-state index contributed by atoms with van der Waals surface area (Å²) in [6.07, 6.45) is 2.28. The van der Waals surface area contributed by atoms with E-state index in [2.05, 4.69) is 4.99 Å². The third-order valence-electron chi connectivity index (χ3n) is 3.73. The number of cyclic esters (lactones) is 1. The normalized spacial score (nSPS) is 15.2. The number of carbonyl (C=O) groups excluding carboxylic acids is 1. The van der Waals surface area contributed by atoms with Crippen molar-refractivity contribution < 1.29 is 19.0 Å². The average Bonchev–Trinajstić information content (AvgIpc) is 2.96. The molecule has 134 valence electrons. The van der Waals surface area contributed by atoms with Gasteiger partial charge in [0.2, 0.25) is 5.90 Å². The summed E-state index contributed by atoms with van der Waals surface area (Å²) in [5.74, 6) is 1.53. The molecule has 1 aliphatic rings. The van der Waals surface area contributed by atoms with Gasteiger partial charge in [0.1, 0.15) is 11.5 Å². The zero-order chi connectivity index (χ0) is 18.5. The van der Waals surface area contributed by atoms with Crippen LogP contribution in [-0.2, 0) is 16.0 Å². The zero-order valence-corrected chi connectivity index (χ0v) is 15.1. The van der Waals surface area contributed by atoms with E-state index in [1.54, 1.807) is 13.2 Å². The minimum Gasteiger partial charge on any atom is -0.497 e. The minimum absolute atomic E-state index is 0.120. The van der Waals surface area contributed by atoms with Crippen LogP contribution in [0, 0.1) is 0 Å². The van der Waals surface area contributed by atoms with Crippen molar-refractivity contribution in [3.05, 3.63) is 65.4 Å². The zero-order valence-electron chi connectivity index (χ0n) is 15.1. The smallest absolute Gasteiger partial charge is 0.363 e. The first-order valence-electron chi connectivity index (χ1n) is 8.44. The fraction of sp³-hybridized carbons (Fsp3) is 0.238. The summed E-state index contributed by atoms with van der Waals surface area (Å²) in [5.41, 5.74) is 2.15. The number of benzene rings is 2. The predicted octanol–water partition coefficient (Wildman–Crippen LogP) is 4.02. The van der Waals surface area contributed by atoms with Gasteiger partial charge >= 0.3 is 5.97 Å². The Bertz CT molecular complexity index is 833. The maximum atomic E-state index is 12.0. The summed E-state index contributed by atoms with van der Waals surface area (Å²) in [6.45, 7) is 3.95. The number of hydrogen-bond donors (Lipinski definition) is 0. The van der Waals surface area contributed by atoms with Crippen molar-refractivity contribution in [2.45, 2.75) is 26.4 Å². The SMILES string of the molecule is COc1ccc(CC2=N/C(=C/c3ccc(OC(C)C)cc3)C(=O)O2)cc1. The second-order valence-electron chi connectivity index (χ2n) is 6.19. The Morgan fingerprint density at radius 2 is 1.69 bits per heavy atom. The van der Waals surface area contributed by atoms with E-state index < -0.39 is 5.97 Å². The molecule has 3 rings (SSSR count). The molecule has 0 unspecified atom stereocenters. The van der Waals surface area contributed by atoms with Gasteiger partial charge in [-0.1, -0.05) is 24.3 Å². The van der Waals surface area contributed by atoms with E-state index in [1.165, 1.54) is 0 Å². The van der Waals surface area contributed by atoms with Crippen molar-refractivity contribution in [3.8, 4) is 11.5 Å². The lowest BCUT2D eigenvalue weighted by molar-refractivity contribution is -0.130. The van der Waals surface area contributed by atoms with Gasteiger partial charge < -0.3 is 14.2 Å². The summed E-state index contributed by atoms with van der Waals surface area (Å²) >= 11 is 0. The van der Waals surface area contributed by atoms with E-state index in [1.807, 2.05) is 62.4 Å². The number of nitrogens with zero attached hydrogens (tertiary/aromatic N) is 1. The van der Waals surface area contributed by atoms with Crippen LogP contribution < -0.4 is 9.47 Å². The minimum atomic E-state index is -0.434. The molecule has 2 aromatic carbocycles. The lowest BCUT2D eigenvalue weighted by atomic mass is 10.1. The Kier molecular flexibility index (Phi) is 5.37. The molecule has 26 heavy (non-hydrogen) atoms. The van der Waals surface area contributed by atoms with E-state index in [0.717, 1.165) is 22.6 Å². The highest BCUT2D eigenvalue weighted by Gasteiger charge is 2.22. The van der Waals surface area contributed by atoms with Crippen molar-refractivity contribution in [3.63, 3.8) is 0 Å². The number of esters is 1. The molecule has 0 saturated heterocycles. The molecule has 0 bridgehead atoms. The van der Waals surface area contributed by atoms with Crippen LogP contribution in [0.25, 0.3) is 6.08 Å². The number of carbonyl (C=O) groups is 1. The summed E-state index contributed by atoms with van der Waals surface area (Å²) < 4.78 is 16.0. The third kappa shape index (κ3) is 4.51. The van der Waals surface area contributed by atoms with Gasteiger partial charge in [-0.15, -0.1) is 0 Å². The molecule has 0 radical (unpaired) electrons. The Labute approximate surface area is 152 Å². The van der Waals surface area contributed by atoms with Crippen molar-refractivity contribution >= 4 is 17.9 Å². The fourth-order valence-corrected chi connectivity index (χ4v) is 2.52. The van der Waals surface area contributed by atoms with Crippen LogP contribution in [0.5, 0.6) is 11.5 Å². The number of methoxy groups -OCH3 is 1. The van der Waals surface area contributed by atoms with E-state index in [9.17, 15) is 4.79 Å².